The molecular formula is C21H37N3O2. The standard InChI is InChI=1S/C21H37N3O2/c1-15-3-2-4-17-13-19(23-20(15)17)21(25)22-18-7-5-16(6-8-18)14-24-9-11-26-12-10-24/h15-20,23H,2-14H2,1H3,(H,22,25). The molecule has 4 fully saturated rings. The molecule has 0 spiro atoms. The van der Waals surface area contributed by atoms with Crippen LogP contribution in [0.3, 0.4) is 0 Å². The Hall–Kier alpha value is -0.650. The summed E-state index contributed by atoms with van der Waals surface area (Å²) in [5.74, 6) is 2.51. The summed E-state index contributed by atoms with van der Waals surface area (Å²) < 4.78 is 5.45. The van der Waals surface area contributed by atoms with E-state index in [2.05, 4.69) is 22.5 Å². The number of ether oxygens (including phenoxy) is 1. The molecule has 148 valence electrons. The van der Waals surface area contributed by atoms with Gasteiger partial charge in [-0.25, -0.2) is 0 Å². The van der Waals surface area contributed by atoms with Gasteiger partial charge in [-0.3, -0.25) is 9.69 Å². The van der Waals surface area contributed by atoms with Crippen LogP contribution >= 0.6 is 0 Å². The molecule has 2 heterocycles. The van der Waals surface area contributed by atoms with Crippen molar-refractivity contribution < 1.29 is 9.53 Å². The fourth-order valence-corrected chi connectivity index (χ4v) is 5.82. The molecule has 0 radical (unpaired) electrons. The van der Waals surface area contributed by atoms with Crippen LogP contribution in [0.25, 0.3) is 0 Å². The Morgan fingerprint density at radius 1 is 1.12 bits per heavy atom. The van der Waals surface area contributed by atoms with E-state index in [0.29, 0.717) is 12.1 Å². The van der Waals surface area contributed by atoms with E-state index in [1.54, 1.807) is 0 Å². The third-order valence-electron chi connectivity index (χ3n) is 7.42. The SMILES string of the molecule is CC1CCCC2CC(C(=O)NC3CCC(CN4CCOCC4)CC3)NC12. The largest absolute Gasteiger partial charge is 0.379 e. The lowest BCUT2D eigenvalue weighted by Gasteiger charge is -2.34. The molecule has 0 aromatic rings. The Labute approximate surface area is 158 Å². The third-order valence-corrected chi connectivity index (χ3v) is 7.42. The molecule has 0 aromatic heterocycles. The predicted molar refractivity (Wildman–Crippen MR) is 103 cm³/mol. The molecule has 2 aliphatic carbocycles. The first kappa shape index (κ1) is 18.7. The number of amides is 1. The summed E-state index contributed by atoms with van der Waals surface area (Å²) in [6.07, 6.45) is 9.81. The Balaban J connectivity index is 1.19. The van der Waals surface area contributed by atoms with Crippen LogP contribution in [-0.4, -0.2) is 61.8 Å². The van der Waals surface area contributed by atoms with Gasteiger partial charge in [-0.1, -0.05) is 13.3 Å². The highest BCUT2D eigenvalue weighted by Gasteiger charge is 2.41. The van der Waals surface area contributed by atoms with E-state index >= 15 is 0 Å². The maximum Gasteiger partial charge on any atom is 0.237 e. The van der Waals surface area contributed by atoms with Crippen LogP contribution in [-0.2, 0) is 9.53 Å². The zero-order valence-electron chi connectivity index (χ0n) is 16.4. The summed E-state index contributed by atoms with van der Waals surface area (Å²) in [7, 11) is 0. The minimum Gasteiger partial charge on any atom is -0.379 e. The van der Waals surface area contributed by atoms with Gasteiger partial charge in [-0.05, 0) is 62.7 Å². The van der Waals surface area contributed by atoms with E-state index < -0.39 is 0 Å². The van der Waals surface area contributed by atoms with Crippen molar-refractivity contribution in [1.82, 2.24) is 15.5 Å². The summed E-state index contributed by atoms with van der Waals surface area (Å²) >= 11 is 0. The molecule has 26 heavy (non-hydrogen) atoms. The van der Waals surface area contributed by atoms with Crippen molar-refractivity contribution in [3.8, 4) is 0 Å². The number of rotatable bonds is 4. The summed E-state index contributed by atoms with van der Waals surface area (Å²) in [5, 5.41) is 7.04. The minimum atomic E-state index is 0.0524. The molecular weight excluding hydrogens is 326 g/mol. The number of hydrogen-bond acceptors (Lipinski definition) is 4. The molecule has 4 rings (SSSR count). The molecule has 0 bridgehead atoms. The molecule has 2 saturated heterocycles. The van der Waals surface area contributed by atoms with Gasteiger partial charge in [0.05, 0.1) is 19.3 Å². The number of morpholine rings is 1. The van der Waals surface area contributed by atoms with E-state index in [1.807, 2.05) is 0 Å². The molecule has 5 heteroatoms. The quantitative estimate of drug-likeness (QED) is 0.804. The third kappa shape index (κ3) is 4.42. The highest BCUT2D eigenvalue weighted by molar-refractivity contribution is 5.82. The molecule has 4 atom stereocenters. The van der Waals surface area contributed by atoms with Crippen LogP contribution in [0.1, 0.15) is 58.3 Å². The molecule has 5 nitrogen and oxygen atoms in total. The first-order valence-electron chi connectivity index (χ1n) is 11.1. The van der Waals surface area contributed by atoms with E-state index in [4.69, 9.17) is 4.74 Å². The van der Waals surface area contributed by atoms with Gasteiger partial charge >= 0.3 is 0 Å². The zero-order chi connectivity index (χ0) is 17.9. The number of nitrogens with one attached hydrogen (secondary N) is 2. The van der Waals surface area contributed by atoms with Crippen LogP contribution in [0.2, 0.25) is 0 Å². The summed E-state index contributed by atoms with van der Waals surface area (Å²) in [4.78, 5) is 15.3. The first-order chi connectivity index (χ1) is 12.7. The van der Waals surface area contributed by atoms with Crippen LogP contribution in [0, 0.1) is 17.8 Å². The van der Waals surface area contributed by atoms with E-state index in [0.717, 1.165) is 63.3 Å². The number of hydrogen-bond donors (Lipinski definition) is 2. The predicted octanol–water partition coefficient (Wildman–Crippen LogP) is 2.16. The molecule has 0 aromatic carbocycles. The van der Waals surface area contributed by atoms with Crippen molar-refractivity contribution in [2.45, 2.75) is 76.4 Å². The molecule has 4 aliphatic rings. The number of nitrogens with zero attached hydrogens (tertiary/aromatic N) is 1. The van der Waals surface area contributed by atoms with Crippen molar-refractivity contribution in [2.24, 2.45) is 17.8 Å². The van der Waals surface area contributed by atoms with Gasteiger partial charge < -0.3 is 15.4 Å². The summed E-state index contributed by atoms with van der Waals surface area (Å²) in [6.45, 7) is 7.52. The van der Waals surface area contributed by atoms with Gasteiger partial charge in [0.25, 0.3) is 0 Å². The van der Waals surface area contributed by atoms with Gasteiger partial charge in [0.1, 0.15) is 0 Å². The highest BCUT2D eigenvalue weighted by atomic mass is 16.5. The Morgan fingerprint density at radius 2 is 1.88 bits per heavy atom. The van der Waals surface area contributed by atoms with Gasteiger partial charge in [-0.15, -0.1) is 0 Å². The molecule has 2 N–H and O–H groups in total. The summed E-state index contributed by atoms with van der Waals surface area (Å²) in [5.41, 5.74) is 0. The average Bonchev–Trinajstić information content (AvgIpc) is 3.10. The van der Waals surface area contributed by atoms with E-state index in [9.17, 15) is 4.79 Å². The Kier molecular flexibility index (Phi) is 6.17. The smallest absolute Gasteiger partial charge is 0.237 e. The lowest BCUT2D eigenvalue weighted by atomic mass is 9.78. The lowest BCUT2D eigenvalue weighted by molar-refractivity contribution is -0.123. The fraction of sp³-hybridized carbons (Fsp3) is 0.952. The number of carbonyl (C=O) groups is 1. The molecule has 4 unspecified atom stereocenters. The Morgan fingerprint density at radius 3 is 2.62 bits per heavy atom. The molecule has 2 saturated carbocycles. The Bertz CT molecular complexity index is 472. The maximum atomic E-state index is 12.8. The number of carbonyl (C=O) groups excluding carboxylic acids is 1. The van der Waals surface area contributed by atoms with E-state index in [1.165, 1.54) is 38.6 Å². The van der Waals surface area contributed by atoms with Crippen LogP contribution in [0.4, 0.5) is 0 Å². The average molecular weight is 364 g/mol. The second-order valence-electron chi connectivity index (χ2n) is 9.29. The van der Waals surface area contributed by atoms with Crippen LogP contribution in [0.5, 0.6) is 0 Å². The van der Waals surface area contributed by atoms with E-state index in [-0.39, 0.29) is 11.9 Å². The summed E-state index contributed by atoms with van der Waals surface area (Å²) in [6, 6.07) is 1.02. The lowest BCUT2D eigenvalue weighted by Crippen LogP contribution is -2.49. The molecule has 1 amide bonds. The van der Waals surface area contributed by atoms with Gasteiger partial charge in [0.2, 0.25) is 5.91 Å². The fourth-order valence-electron chi connectivity index (χ4n) is 5.82. The van der Waals surface area contributed by atoms with Crippen LogP contribution < -0.4 is 10.6 Å². The topological polar surface area (TPSA) is 53.6 Å². The van der Waals surface area contributed by atoms with Crippen molar-refractivity contribution in [3.63, 3.8) is 0 Å². The highest BCUT2D eigenvalue weighted by Crippen LogP contribution is 2.36. The molecule has 2 aliphatic heterocycles. The first-order valence-corrected chi connectivity index (χ1v) is 11.1. The van der Waals surface area contributed by atoms with Crippen LogP contribution in [0.15, 0.2) is 0 Å². The maximum absolute atomic E-state index is 12.8. The second-order valence-corrected chi connectivity index (χ2v) is 9.29. The van der Waals surface area contributed by atoms with Gasteiger partial charge in [0, 0.05) is 31.7 Å². The normalized spacial score (nSPS) is 41.6. The van der Waals surface area contributed by atoms with Gasteiger partial charge in [-0.2, -0.15) is 0 Å². The minimum absolute atomic E-state index is 0.0524. The second kappa shape index (κ2) is 8.57. The van der Waals surface area contributed by atoms with Crippen molar-refractivity contribution in [2.75, 3.05) is 32.8 Å². The van der Waals surface area contributed by atoms with Gasteiger partial charge in [0.15, 0.2) is 0 Å². The zero-order valence-corrected chi connectivity index (χ0v) is 16.4. The number of fused-ring (bicyclic) bond motifs is 1. The van der Waals surface area contributed by atoms with Crippen molar-refractivity contribution in [1.29, 1.82) is 0 Å². The van der Waals surface area contributed by atoms with Crippen molar-refractivity contribution >= 4 is 5.91 Å². The monoisotopic (exact) mass is 363 g/mol. The van der Waals surface area contributed by atoms with Crippen molar-refractivity contribution in [3.05, 3.63) is 0 Å².